The van der Waals surface area contributed by atoms with Gasteiger partial charge in [-0.15, -0.1) is 0 Å². The molecule has 2 aromatic heterocycles. The van der Waals surface area contributed by atoms with Gasteiger partial charge in [0, 0.05) is 12.4 Å². The largest absolute Gasteiger partial charge is 0.476 e. The topological polar surface area (TPSA) is 76.0 Å². The van der Waals surface area contributed by atoms with E-state index in [0.717, 1.165) is 12.3 Å². The first-order chi connectivity index (χ1) is 7.68. The van der Waals surface area contributed by atoms with E-state index in [0.29, 0.717) is 0 Å². The summed E-state index contributed by atoms with van der Waals surface area (Å²) in [6.45, 7) is 0. The maximum absolute atomic E-state index is 13.0. The molecule has 16 heavy (non-hydrogen) atoms. The summed E-state index contributed by atoms with van der Waals surface area (Å²) < 4.78 is 13.0. The Morgan fingerprint density at radius 3 is 2.56 bits per heavy atom. The summed E-state index contributed by atoms with van der Waals surface area (Å²) in [5.41, 5.74) is -0.208. The molecule has 2 aromatic rings. The first-order valence-electron chi connectivity index (χ1n) is 4.34. The van der Waals surface area contributed by atoms with Crippen LogP contribution in [0.25, 0.3) is 11.4 Å². The van der Waals surface area contributed by atoms with Gasteiger partial charge in [0.15, 0.2) is 11.5 Å². The average Bonchev–Trinajstić information content (AvgIpc) is 2.29. The molecule has 0 bridgehead atoms. The van der Waals surface area contributed by atoms with Crippen LogP contribution in [0, 0.1) is 5.82 Å². The maximum atomic E-state index is 13.0. The van der Waals surface area contributed by atoms with Crippen molar-refractivity contribution in [1.82, 2.24) is 15.0 Å². The monoisotopic (exact) mass is 219 g/mol. The van der Waals surface area contributed by atoms with E-state index in [1.54, 1.807) is 6.07 Å². The highest BCUT2D eigenvalue weighted by Crippen LogP contribution is 2.18. The molecule has 0 amide bonds. The Kier molecular flexibility index (Phi) is 2.55. The van der Waals surface area contributed by atoms with E-state index in [1.807, 2.05) is 0 Å². The Hall–Kier alpha value is -2.37. The molecule has 0 aromatic carbocycles. The van der Waals surface area contributed by atoms with Crippen molar-refractivity contribution >= 4 is 5.97 Å². The van der Waals surface area contributed by atoms with Crippen LogP contribution in [0.2, 0.25) is 0 Å². The molecule has 5 nitrogen and oxygen atoms in total. The van der Waals surface area contributed by atoms with Gasteiger partial charge in [-0.3, -0.25) is 0 Å². The van der Waals surface area contributed by atoms with Crippen LogP contribution in [-0.2, 0) is 0 Å². The van der Waals surface area contributed by atoms with Crippen LogP contribution in [-0.4, -0.2) is 26.0 Å². The van der Waals surface area contributed by atoms with Crippen molar-refractivity contribution in [1.29, 1.82) is 0 Å². The summed E-state index contributed by atoms with van der Waals surface area (Å²) in [7, 11) is 0. The number of hydrogen-bond donors (Lipinski definition) is 1. The zero-order valence-electron chi connectivity index (χ0n) is 7.96. The molecule has 0 unspecified atom stereocenters. The Morgan fingerprint density at radius 2 is 1.94 bits per heavy atom. The number of carbonyl (C=O) groups is 1. The fourth-order valence-corrected chi connectivity index (χ4v) is 1.22. The molecule has 0 fully saturated rings. The van der Waals surface area contributed by atoms with E-state index < -0.39 is 11.8 Å². The summed E-state index contributed by atoms with van der Waals surface area (Å²) >= 11 is 0. The molecule has 0 saturated carbocycles. The molecule has 2 heterocycles. The van der Waals surface area contributed by atoms with E-state index in [1.165, 1.54) is 12.4 Å². The minimum Gasteiger partial charge on any atom is -0.476 e. The van der Waals surface area contributed by atoms with E-state index in [4.69, 9.17) is 5.11 Å². The summed E-state index contributed by atoms with van der Waals surface area (Å²) in [4.78, 5) is 22.1. The van der Waals surface area contributed by atoms with Gasteiger partial charge in [-0.1, -0.05) is 0 Å². The smallest absolute Gasteiger partial charge is 0.355 e. The van der Waals surface area contributed by atoms with Gasteiger partial charge in [0.25, 0.3) is 0 Å². The molecular weight excluding hydrogens is 213 g/mol. The zero-order valence-corrected chi connectivity index (χ0v) is 7.96. The van der Waals surface area contributed by atoms with Gasteiger partial charge in [-0.05, 0) is 12.1 Å². The highest BCUT2D eigenvalue weighted by molar-refractivity contribution is 5.92. The number of carboxylic acid groups (broad SMARTS) is 1. The molecule has 1 N–H and O–H groups in total. The van der Waals surface area contributed by atoms with Gasteiger partial charge in [-0.2, -0.15) is 0 Å². The molecule has 0 aliphatic carbocycles. The Balaban J connectivity index is 2.63. The number of nitrogens with zero attached hydrogens (tertiary/aromatic N) is 3. The normalized spacial score (nSPS) is 10.1. The van der Waals surface area contributed by atoms with Crippen LogP contribution < -0.4 is 0 Å². The van der Waals surface area contributed by atoms with Gasteiger partial charge in [0.1, 0.15) is 5.82 Å². The minimum absolute atomic E-state index is 0.0631. The Bertz CT molecular complexity index is 531. The van der Waals surface area contributed by atoms with Crippen molar-refractivity contribution < 1.29 is 14.3 Å². The number of pyridine rings is 1. The van der Waals surface area contributed by atoms with Crippen LogP contribution >= 0.6 is 0 Å². The summed E-state index contributed by atoms with van der Waals surface area (Å²) in [5, 5.41) is 8.88. The van der Waals surface area contributed by atoms with Crippen molar-refractivity contribution in [2.24, 2.45) is 0 Å². The van der Waals surface area contributed by atoms with Gasteiger partial charge < -0.3 is 5.11 Å². The van der Waals surface area contributed by atoms with Crippen molar-refractivity contribution in [2.75, 3.05) is 0 Å². The number of halogens is 1. The highest BCUT2D eigenvalue weighted by atomic mass is 19.1. The van der Waals surface area contributed by atoms with Crippen LogP contribution in [0.4, 0.5) is 4.39 Å². The second-order valence-electron chi connectivity index (χ2n) is 2.93. The van der Waals surface area contributed by atoms with Gasteiger partial charge in [0.05, 0.1) is 11.8 Å². The molecule has 0 spiro atoms. The lowest BCUT2D eigenvalue weighted by Crippen LogP contribution is -2.05. The van der Waals surface area contributed by atoms with Crippen LogP contribution in [0.1, 0.15) is 10.5 Å². The van der Waals surface area contributed by atoms with E-state index in [9.17, 15) is 9.18 Å². The third-order valence-electron chi connectivity index (χ3n) is 1.86. The number of aromatic nitrogens is 3. The number of carboxylic acids is 1. The first-order valence-corrected chi connectivity index (χ1v) is 4.34. The summed E-state index contributed by atoms with van der Waals surface area (Å²) in [5.74, 6) is -1.75. The molecule has 2 rings (SSSR count). The quantitative estimate of drug-likeness (QED) is 0.825. The number of hydrogen-bond acceptors (Lipinski definition) is 4. The third kappa shape index (κ3) is 1.85. The molecule has 6 heteroatoms. The van der Waals surface area contributed by atoms with E-state index >= 15 is 0 Å². The lowest BCUT2D eigenvalue weighted by Gasteiger charge is -2.02. The predicted octanol–water partition coefficient (Wildman–Crippen LogP) is 1.38. The zero-order chi connectivity index (χ0) is 11.5. The summed E-state index contributed by atoms with van der Waals surface area (Å²) in [6.07, 6.45) is 3.73. The number of aromatic carboxylic acids is 1. The van der Waals surface area contributed by atoms with Crippen LogP contribution in [0.3, 0.4) is 0 Å². The first kappa shape index (κ1) is 10.2. The third-order valence-corrected chi connectivity index (χ3v) is 1.86. The fourth-order valence-electron chi connectivity index (χ4n) is 1.22. The molecule has 0 radical (unpaired) electrons. The Labute approximate surface area is 89.6 Å². The standard InChI is InChI=1S/C10H6FN3O2/c11-6-4-7(8(10(15)16)14-5-6)9-12-2-1-3-13-9/h1-5H,(H,15,16). The second kappa shape index (κ2) is 4.01. The molecule has 0 saturated heterocycles. The van der Waals surface area contributed by atoms with Crippen molar-refractivity contribution in [3.05, 3.63) is 42.2 Å². The van der Waals surface area contributed by atoms with Crippen molar-refractivity contribution in [3.63, 3.8) is 0 Å². The van der Waals surface area contributed by atoms with Crippen molar-refractivity contribution in [3.8, 4) is 11.4 Å². The summed E-state index contributed by atoms with van der Waals surface area (Å²) in [6, 6.07) is 2.63. The lowest BCUT2D eigenvalue weighted by molar-refractivity contribution is 0.0691. The Morgan fingerprint density at radius 1 is 1.25 bits per heavy atom. The fraction of sp³-hybridized carbons (Fsp3) is 0. The molecule has 80 valence electrons. The predicted molar refractivity (Wildman–Crippen MR) is 52.2 cm³/mol. The maximum Gasteiger partial charge on any atom is 0.355 e. The second-order valence-corrected chi connectivity index (χ2v) is 2.93. The highest BCUT2D eigenvalue weighted by Gasteiger charge is 2.15. The number of rotatable bonds is 2. The molecule has 0 aliphatic heterocycles. The SMILES string of the molecule is O=C(O)c1ncc(F)cc1-c1ncccn1. The van der Waals surface area contributed by atoms with E-state index in [-0.39, 0.29) is 17.1 Å². The van der Waals surface area contributed by atoms with Gasteiger partial charge in [0.2, 0.25) is 0 Å². The molecular formula is C10H6FN3O2. The van der Waals surface area contributed by atoms with Gasteiger partial charge in [-0.25, -0.2) is 24.1 Å². The van der Waals surface area contributed by atoms with Crippen molar-refractivity contribution in [2.45, 2.75) is 0 Å². The average molecular weight is 219 g/mol. The molecule has 0 aliphatic rings. The minimum atomic E-state index is -1.25. The lowest BCUT2D eigenvalue weighted by atomic mass is 10.2. The van der Waals surface area contributed by atoms with Gasteiger partial charge >= 0.3 is 5.97 Å². The molecule has 0 atom stereocenters. The van der Waals surface area contributed by atoms with Crippen LogP contribution in [0.15, 0.2) is 30.7 Å². The van der Waals surface area contributed by atoms with E-state index in [2.05, 4.69) is 15.0 Å². The van der Waals surface area contributed by atoms with Crippen LogP contribution in [0.5, 0.6) is 0 Å².